The van der Waals surface area contributed by atoms with E-state index in [1.54, 1.807) is 0 Å². The molecule has 0 amide bonds. The summed E-state index contributed by atoms with van der Waals surface area (Å²) in [6.07, 6.45) is -0.558. The number of ether oxygens (including phenoxy) is 2. The lowest BCUT2D eigenvalue weighted by molar-refractivity contribution is 0.0976. The summed E-state index contributed by atoms with van der Waals surface area (Å²) in [5, 5.41) is 9.96. The van der Waals surface area contributed by atoms with Gasteiger partial charge < -0.3 is 20.3 Å². The third-order valence-corrected chi connectivity index (χ3v) is 3.00. The van der Waals surface area contributed by atoms with Crippen LogP contribution >= 0.6 is 0 Å². The van der Waals surface area contributed by atoms with E-state index in [1.165, 1.54) is 0 Å². The molecule has 0 bridgehead atoms. The number of rotatable bonds is 3. The van der Waals surface area contributed by atoms with Crippen molar-refractivity contribution in [2.24, 2.45) is 11.7 Å². The van der Waals surface area contributed by atoms with Crippen molar-refractivity contribution in [2.75, 3.05) is 13.2 Å². The molecule has 0 fully saturated rings. The second-order valence-electron chi connectivity index (χ2n) is 4.66. The molecule has 4 nitrogen and oxygen atoms in total. The summed E-state index contributed by atoms with van der Waals surface area (Å²) in [6.45, 7) is 5.02. The minimum atomic E-state index is -0.558. The normalized spacial score (nSPS) is 17.9. The van der Waals surface area contributed by atoms with E-state index in [1.807, 2.05) is 32.0 Å². The van der Waals surface area contributed by atoms with Gasteiger partial charge in [-0.15, -0.1) is 0 Å². The minimum absolute atomic E-state index is 0.123. The van der Waals surface area contributed by atoms with Crippen LogP contribution in [0.5, 0.6) is 11.5 Å². The van der Waals surface area contributed by atoms with Crippen LogP contribution in [0.15, 0.2) is 18.2 Å². The number of nitrogens with two attached hydrogens (primary N) is 1. The molecule has 4 heteroatoms. The quantitative estimate of drug-likeness (QED) is 0.835. The lowest BCUT2D eigenvalue weighted by Crippen LogP contribution is -2.30. The zero-order valence-corrected chi connectivity index (χ0v) is 10.2. The Kier molecular flexibility index (Phi) is 3.54. The fourth-order valence-electron chi connectivity index (χ4n) is 1.88. The Hall–Kier alpha value is -1.26. The first-order valence-electron chi connectivity index (χ1n) is 5.93. The monoisotopic (exact) mass is 237 g/mol. The van der Waals surface area contributed by atoms with Crippen molar-refractivity contribution in [1.29, 1.82) is 0 Å². The molecule has 1 aliphatic heterocycles. The molecule has 0 aliphatic carbocycles. The second kappa shape index (κ2) is 4.94. The van der Waals surface area contributed by atoms with Gasteiger partial charge in [0.05, 0.1) is 12.1 Å². The molecule has 2 rings (SSSR count). The highest BCUT2D eigenvalue weighted by Gasteiger charge is 2.22. The van der Waals surface area contributed by atoms with E-state index in [4.69, 9.17) is 15.2 Å². The number of benzene rings is 1. The highest BCUT2D eigenvalue weighted by molar-refractivity contribution is 5.44. The molecule has 17 heavy (non-hydrogen) atoms. The zero-order chi connectivity index (χ0) is 12.4. The Bertz CT molecular complexity index is 392. The van der Waals surface area contributed by atoms with Crippen LogP contribution in [-0.4, -0.2) is 24.4 Å². The summed E-state index contributed by atoms with van der Waals surface area (Å²) in [7, 11) is 0. The van der Waals surface area contributed by atoms with Gasteiger partial charge in [0.25, 0.3) is 0 Å². The van der Waals surface area contributed by atoms with Gasteiger partial charge in [0.2, 0.25) is 0 Å². The Morgan fingerprint density at radius 1 is 1.18 bits per heavy atom. The van der Waals surface area contributed by atoms with Gasteiger partial charge in [0.1, 0.15) is 13.2 Å². The number of aliphatic hydroxyl groups excluding tert-OH is 1. The zero-order valence-electron chi connectivity index (χ0n) is 10.2. The summed E-state index contributed by atoms with van der Waals surface area (Å²) in [4.78, 5) is 0. The molecule has 0 unspecified atom stereocenters. The maximum atomic E-state index is 9.96. The van der Waals surface area contributed by atoms with Crippen LogP contribution < -0.4 is 15.2 Å². The molecule has 1 aromatic rings. The molecule has 0 spiro atoms. The van der Waals surface area contributed by atoms with Gasteiger partial charge in [0.15, 0.2) is 11.5 Å². The van der Waals surface area contributed by atoms with E-state index in [0.29, 0.717) is 19.0 Å². The van der Waals surface area contributed by atoms with Crippen LogP contribution in [0.4, 0.5) is 0 Å². The predicted molar refractivity (Wildman–Crippen MR) is 65.2 cm³/mol. The first-order chi connectivity index (χ1) is 8.09. The molecule has 2 atom stereocenters. The van der Waals surface area contributed by atoms with Gasteiger partial charge in [-0.25, -0.2) is 0 Å². The van der Waals surface area contributed by atoms with Crippen LogP contribution in [0.2, 0.25) is 0 Å². The summed E-state index contributed by atoms with van der Waals surface area (Å²) in [5.74, 6) is 1.57. The fraction of sp³-hybridized carbons (Fsp3) is 0.538. The van der Waals surface area contributed by atoms with Gasteiger partial charge >= 0.3 is 0 Å². The second-order valence-corrected chi connectivity index (χ2v) is 4.66. The maximum absolute atomic E-state index is 9.96. The summed E-state index contributed by atoms with van der Waals surface area (Å²) < 4.78 is 10.9. The minimum Gasteiger partial charge on any atom is -0.486 e. The van der Waals surface area contributed by atoms with E-state index in [0.717, 1.165) is 11.3 Å². The molecule has 94 valence electrons. The molecule has 1 aromatic carbocycles. The summed E-state index contributed by atoms with van der Waals surface area (Å²) in [5.41, 5.74) is 6.90. The molecule has 1 aliphatic rings. The maximum Gasteiger partial charge on any atom is 0.161 e. The van der Waals surface area contributed by atoms with E-state index in [9.17, 15) is 5.11 Å². The highest BCUT2D eigenvalue weighted by atomic mass is 16.6. The predicted octanol–water partition coefficient (Wildman–Crippen LogP) is 1.47. The van der Waals surface area contributed by atoms with Gasteiger partial charge in [-0.2, -0.15) is 0 Å². The average Bonchev–Trinajstić information content (AvgIpc) is 2.36. The van der Waals surface area contributed by atoms with Crippen molar-refractivity contribution in [3.8, 4) is 11.5 Å². The summed E-state index contributed by atoms with van der Waals surface area (Å²) >= 11 is 0. The fourth-order valence-corrected chi connectivity index (χ4v) is 1.88. The Balaban J connectivity index is 2.21. The Morgan fingerprint density at radius 3 is 2.47 bits per heavy atom. The van der Waals surface area contributed by atoms with E-state index < -0.39 is 12.1 Å². The molecular formula is C13H19NO3. The smallest absolute Gasteiger partial charge is 0.161 e. The van der Waals surface area contributed by atoms with Gasteiger partial charge in [-0.05, 0) is 23.6 Å². The lowest BCUT2D eigenvalue weighted by atomic mass is 9.94. The van der Waals surface area contributed by atoms with Gasteiger partial charge in [-0.3, -0.25) is 0 Å². The van der Waals surface area contributed by atoms with E-state index in [-0.39, 0.29) is 5.92 Å². The van der Waals surface area contributed by atoms with Crippen molar-refractivity contribution in [2.45, 2.75) is 26.0 Å². The SMILES string of the molecule is CC(C)[C@@H](O)[C@@H](N)c1ccc2c(c1)OCCO2. The molecule has 0 radical (unpaired) electrons. The van der Waals surface area contributed by atoms with Gasteiger partial charge in [0, 0.05) is 0 Å². The number of aliphatic hydroxyl groups is 1. The van der Waals surface area contributed by atoms with Crippen LogP contribution in [0, 0.1) is 5.92 Å². The molecule has 0 saturated carbocycles. The van der Waals surface area contributed by atoms with Crippen LogP contribution in [0.3, 0.4) is 0 Å². The Labute approximate surface area is 101 Å². The third kappa shape index (κ3) is 2.53. The van der Waals surface area contributed by atoms with E-state index in [2.05, 4.69) is 0 Å². The van der Waals surface area contributed by atoms with Crippen molar-refractivity contribution in [3.05, 3.63) is 23.8 Å². The molecule has 1 heterocycles. The molecule has 3 N–H and O–H groups in total. The average molecular weight is 237 g/mol. The topological polar surface area (TPSA) is 64.7 Å². The van der Waals surface area contributed by atoms with Crippen LogP contribution in [0.25, 0.3) is 0 Å². The van der Waals surface area contributed by atoms with Crippen LogP contribution in [0.1, 0.15) is 25.5 Å². The first-order valence-corrected chi connectivity index (χ1v) is 5.93. The van der Waals surface area contributed by atoms with Crippen molar-refractivity contribution < 1.29 is 14.6 Å². The molecule has 0 saturated heterocycles. The highest BCUT2D eigenvalue weighted by Crippen LogP contribution is 2.33. The summed E-state index contributed by atoms with van der Waals surface area (Å²) in [6, 6.07) is 5.18. The molecular weight excluding hydrogens is 218 g/mol. The van der Waals surface area contributed by atoms with Crippen molar-refractivity contribution >= 4 is 0 Å². The van der Waals surface area contributed by atoms with Crippen molar-refractivity contribution in [3.63, 3.8) is 0 Å². The third-order valence-electron chi connectivity index (χ3n) is 3.00. The first kappa shape index (κ1) is 12.2. The number of hydrogen-bond acceptors (Lipinski definition) is 4. The molecule has 0 aromatic heterocycles. The largest absolute Gasteiger partial charge is 0.486 e. The van der Waals surface area contributed by atoms with Crippen LogP contribution in [-0.2, 0) is 0 Å². The lowest BCUT2D eigenvalue weighted by Gasteiger charge is -2.24. The van der Waals surface area contributed by atoms with Gasteiger partial charge in [-0.1, -0.05) is 19.9 Å². The Morgan fingerprint density at radius 2 is 1.82 bits per heavy atom. The standard InChI is InChI=1S/C13H19NO3/c1-8(2)13(15)12(14)9-3-4-10-11(7-9)17-6-5-16-10/h3-4,7-8,12-13,15H,5-6,14H2,1-2H3/t12-,13+/m0/s1. The van der Waals surface area contributed by atoms with E-state index >= 15 is 0 Å². The number of fused-ring (bicyclic) bond motifs is 1. The number of hydrogen-bond donors (Lipinski definition) is 2. The van der Waals surface area contributed by atoms with Crippen molar-refractivity contribution in [1.82, 2.24) is 0 Å².